The van der Waals surface area contributed by atoms with Crippen molar-refractivity contribution in [2.75, 3.05) is 7.11 Å². The van der Waals surface area contributed by atoms with Crippen LogP contribution in [0.4, 0.5) is 4.39 Å². The van der Waals surface area contributed by atoms with E-state index in [1.165, 1.54) is 20.1 Å². The summed E-state index contributed by atoms with van der Waals surface area (Å²) < 4.78 is 17.5. The average molecular weight is 311 g/mol. The van der Waals surface area contributed by atoms with Crippen molar-refractivity contribution in [1.82, 2.24) is 4.98 Å². The molecule has 23 heavy (non-hydrogen) atoms. The van der Waals surface area contributed by atoms with E-state index in [-0.39, 0.29) is 11.6 Å². The Hall–Kier alpha value is -2.75. The first kappa shape index (κ1) is 16.6. The molecular weight excluding hydrogens is 293 g/mol. The predicted octanol–water partition coefficient (Wildman–Crippen LogP) is 4.58. The van der Waals surface area contributed by atoms with Gasteiger partial charge in [0.05, 0.1) is 12.6 Å². The molecule has 0 saturated carbocycles. The van der Waals surface area contributed by atoms with Crippen molar-refractivity contribution in [3.8, 4) is 5.75 Å². The number of carbonyl (C=O) groups excluding carboxylic acids is 1. The molecule has 1 heterocycles. The van der Waals surface area contributed by atoms with Gasteiger partial charge in [0.1, 0.15) is 5.69 Å². The Balaban J connectivity index is 0.000000174. The van der Waals surface area contributed by atoms with Gasteiger partial charge in [-0.1, -0.05) is 36.4 Å². The second-order valence-electron chi connectivity index (χ2n) is 5.04. The van der Waals surface area contributed by atoms with E-state index >= 15 is 0 Å². The topological polar surface area (TPSA) is 39.2 Å². The Kier molecular flexibility index (Phi) is 5.41. The fourth-order valence-electron chi connectivity index (χ4n) is 2.14. The molecule has 0 saturated heterocycles. The van der Waals surface area contributed by atoms with Gasteiger partial charge in [0, 0.05) is 12.3 Å². The van der Waals surface area contributed by atoms with Gasteiger partial charge in [-0.05, 0) is 30.7 Å². The molecule has 0 unspecified atom stereocenters. The Morgan fingerprint density at radius 3 is 2.39 bits per heavy atom. The third-order valence-electron chi connectivity index (χ3n) is 3.33. The minimum absolute atomic E-state index is 0.00533. The molecule has 0 aliphatic heterocycles. The molecule has 3 aromatic rings. The van der Waals surface area contributed by atoms with Gasteiger partial charge in [-0.3, -0.25) is 4.79 Å². The molecule has 0 aliphatic rings. The largest absolute Gasteiger partial charge is 0.493 e. The van der Waals surface area contributed by atoms with E-state index in [9.17, 15) is 9.18 Å². The fourth-order valence-corrected chi connectivity index (χ4v) is 2.14. The van der Waals surface area contributed by atoms with Crippen LogP contribution in [0.2, 0.25) is 0 Å². The van der Waals surface area contributed by atoms with Crippen molar-refractivity contribution in [3.05, 3.63) is 71.7 Å². The zero-order valence-electron chi connectivity index (χ0n) is 13.3. The van der Waals surface area contributed by atoms with Gasteiger partial charge in [0.2, 0.25) is 0 Å². The number of Topliss-reactive ketones (excluding diaryl/α,β-unsaturated/α-hetero) is 1. The zero-order valence-corrected chi connectivity index (χ0v) is 13.3. The number of fused-ring (bicyclic) bond motifs is 1. The highest BCUT2D eigenvalue weighted by Gasteiger charge is 2.02. The molecule has 0 bridgehead atoms. The van der Waals surface area contributed by atoms with Crippen LogP contribution in [-0.2, 0) is 0 Å². The van der Waals surface area contributed by atoms with Crippen LogP contribution in [0.5, 0.6) is 5.75 Å². The number of carbonyl (C=O) groups is 1. The smallest absolute Gasteiger partial charge is 0.178 e. The molecule has 1 aromatic heterocycles. The number of methoxy groups -OCH3 is 1. The lowest BCUT2D eigenvalue weighted by molar-refractivity contribution is 0.101. The van der Waals surface area contributed by atoms with Crippen LogP contribution >= 0.6 is 0 Å². The van der Waals surface area contributed by atoms with Crippen molar-refractivity contribution >= 4 is 16.7 Å². The first-order valence-electron chi connectivity index (χ1n) is 7.18. The van der Waals surface area contributed by atoms with Crippen LogP contribution in [0.25, 0.3) is 10.9 Å². The summed E-state index contributed by atoms with van der Waals surface area (Å²) in [5.74, 6) is 0.0377. The van der Waals surface area contributed by atoms with Crippen molar-refractivity contribution in [2.45, 2.75) is 13.8 Å². The van der Waals surface area contributed by atoms with Gasteiger partial charge >= 0.3 is 0 Å². The summed E-state index contributed by atoms with van der Waals surface area (Å²) >= 11 is 0. The van der Waals surface area contributed by atoms with Crippen molar-refractivity contribution in [2.24, 2.45) is 0 Å². The van der Waals surface area contributed by atoms with Crippen LogP contribution in [-0.4, -0.2) is 17.9 Å². The molecule has 0 aliphatic carbocycles. The number of rotatable bonds is 2. The molecule has 0 spiro atoms. The third kappa shape index (κ3) is 4.13. The zero-order chi connectivity index (χ0) is 16.8. The molecule has 118 valence electrons. The van der Waals surface area contributed by atoms with Crippen LogP contribution in [0.3, 0.4) is 0 Å². The van der Waals surface area contributed by atoms with Gasteiger partial charge < -0.3 is 4.74 Å². The number of aromatic nitrogens is 1. The molecular formula is C19H18FNO2. The Morgan fingerprint density at radius 1 is 1.04 bits per heavy atom. The SMILES string of the molecule is CC(=O)c1ccc2ccccc2n1.COc1c(C)cccc1F. The van der Waals surface area contributed by atoms with E-state index in [1.807, 2.05) is 43.3 Å². The second kappa shape index (κ2) is 7.49. The maximum absolute atomic E-state index is 12.7. The van der Waals surface area contributed by atoms with Crippen LogP contribution in [0, 0.1) is 12.7 Å². The number of ketones is 1. The highest BCUT2D eigenvalue weighted by molar-refractivity contribution is 5.94. The third-order valence-corrected chi connectivity index (χ3v) is 3.33. The second-order valence-corrected chi connectivity index (χ2v) is 5.04. The normalized spacial score (nSPS) is 9.91. The standard InChI is InChI=1S/C11H9NO.C8H9FO/c1-8(13)10-7-6-9-4-2-3-5-11(9)12-10;1-6-4-3-5-7(9)8(6)10-2/h2-7H,1H3;3-5H,1-2H3. The average Bonchev–Trinajstić information content (AvgIpc) is 2.55. The Morgan fingerprint density at radius 2 is 1.78 bits per heavy atom. The molecule has 0 atom stereocenters. The number of nitrogens with zero attached hydrogens (tertiary/aromatic N) is 1. The first-order chi connectivity index (χ1) is 11.0. The summed E-state index contributed by atoms with van der Waals surface area (Å²) in [5.41, 5.74) is 2.22. The summed E-state index contributed by atoms with van der Waals surface area (Å²) in [6, 6.07) is 16.3. The molecule has 3 rings (SSSR count). The first-order valence-corrected chi connectivity index (χ1v) is 7.18. The summed E-state index contributed by atoms with van der Waals surface area (Å²) in [6.07, 6.45) is 0. The summed E-state index contributed by atoms with van der Waals surface area (Å²) in [5, 5.41) is 1.06. The highest BCUT2D eigenvalue weighted by atomic mass is 19.1. The Labute approximate surface area is 134 Å². The predicted molar refractivity (Wildman–Crippen MR) is 89.4 cm³/mol. The van der Waals surface area contributed by atoms with E-state index in [0.717, 1.165) is 16.5 Å². The molecule has 0 amide bonds. The number of hydrogen-bond acceptors (Lipinski definition) is 3. The van der Waals surface area contributed by atoms with Crippen molar-refractivity contribution in [3.63, 3.8) is 0 Å². The maximum Gasteiger partial charge on any atom is 0.178 e. The lowest BCUT2D eigenvalue weighted by atomic mass is 10.2. The van der Waals surface area contributed by atoms with Crippen LogP contribution < -0.4 is 4.74 Å². The summed E-state index contributed by atoms with van der Waals surface area (Å²) in [6.45, 7) is 3.33. The quantitative estimate of drug-likeness (QED) is 0.650. The van der Waals surface area contributed by atoms with Crippen molar-refractivity contribution < 1.29 is 13.9 Å². The summed E-state index contributed by atoms with van der Waals surface area (Å²) in [7, 11) is 1.46. The molecule has 0 radical (unpaired) electrons. The Bertz CT molecular complexity index is 810. The van der Waals surface area contributed by atoms with Gasteiger partial charge in [-0.25, -0.2) is 9.37 Å². The van der Waals surface area contributed by atoms with Crippen molar-refractivity contribution in [1.29, 1.82) is 0 Å². The maximum atomic E-state index is 12.7. The minimum Gasteiger partial charge on any atom is -0.493 e. The lowest BCUT2D eigenvalue weighted by Gasteiger charge is -2.03. The van der Waals surface area contributed by atoms with E-state index in [4.69, 9.17) is 4.74 Å². The monoisotopic (exact) mass is 311 g/mol. The van der Waals surface area contributed by atoms with E-state index in [2.05, 4.69) is 4.98 Å². The van der Waals surface area contributed by atoms with E-state index < -0.39 is 0 Å². The number of pyridine rings is 1. The summed E-state index contributed by atoms with van der Waals surface area (Å²) in [4.78, 5) is 15.3. The number of benzene rings is 2. The molecule has 3 nitrogen and oxygen atoms in total. The minimum atomic E-state index is -0.303. The molecule has 4 heteroatoms. The van der Waals surface area contributed by atoms with E-state index in [0.29, 0.717) is 11.4 Å². The van der Waals surface area contributed by atoms with Crippen LogP contribution in [0.15, 0.2) is 54.6 Å². The van der Waals surface area contributed by atoms with Crippen LogP contribution in [0.1, 0.15) is 23.0 Å². The van der Waals surface area contributed by atoms with Gasteiger partial charge in [0.15, 0.2) is 17.3 Å². The number of aryl methyl sites for hydroxylation is 1. The molecule has 0 fully saturated rings. The highest BCUT2D eigenvalue weighted by Crippen LogP contribution is 2.20. The fraction of sp³-hybridized carbons (Fsp3) is 0.158. The molecule has 2 aromatic carbocycles. The number of hydrogen-bond donors (Lipinski definition) is 0. The number of halogens is 1. The molecule has 0 N–H and O–H groups in total. The lowest BCUT2D eigenvalue weighted by Crippen LogP contribution is -1.95. The van der Waals surface area contributed by atoms with E-state index in [1.54, 1.807) is 12.1 Å². The number of ether oxygens (including phenoxy) is 1. The van der Waals surface area contributed by atoms with Gasteiger partial charge in [-0.2, -0.15) is 0 Å². The van der Waals surface area contributed by atoms with Gasteiger partial charge in [0.25, 0.3) is 0 Å². The number of para-hydroxylation sites is 2. The van der Waals surface area contributed by atoms with Gasteiger partial charge in [-0.15, -0.1) is 0 Å².